The van der Waals surface area contributed by atoms with Crippen LogP contribution in [0, 0.1) is 0 Å². The third-order valence-electron chi connectivity index (χ3n) is 4.25. The summed E-state index contributed by atoms with van der Waals surface area (Å²) < 4.78 is 33.4. The average Bonchev–Trinajstić information content (AvgIpc) is 2.54. The Hall–Kier alpha value is 0.194. The molecule has 2 atom stereocenters. The second kappa shape index (κ2) is 10.1. The molecule has 6 nitrogen and oxygen atoms in total. The molecule has 0 rings (SSSR count). The van der Waals surface area contributed by atoms with Crippen molar-refractivity contribution in [1.82, 2.24) is 0 Å². The summed E-state index contributed by atoms with van der Waals surface area (Å²) in [6.45, 7) is 4.23. The standard InChI is InChI=1S/C13H32O6Si2/c1-9-13(21(17-6,18-7)19-8)11-10-12(2)20(14-3,15-4)16-5/h12-13H,9-11H2,1-8H3. The van der Waals surface area contributed by atoms with Gasteiger partial charge in [-0.2, -0.15) is 0 Å². The largest absolute Gasteiger partial charge is 0.503 e. The van der Waals surface area contributed by atoms with Crippen molar-refractivity contribution >= 4 is 17.6 Å². The van der Waals surface area contributed by atoms with Gasteiger partial charge in [-0.25, -0.2) is 0 Å². The zero-order chi connectivity index (χ0) is 16.5. The summed E-state index contributed by atoms with van der Waals surface area (Å²) in [4.78, 5) is 0. The Morgan fingerprint density at radius 1 is 0.667 bits per heavy atom. The minimum absolute atomic E-state index is 0.198. The molecule has 0 heterocycles. The lowest BCUT2D eigenvalue weighted by atomic mass is 10.1. The lowest BCUT2D eigenvalue weighted by Crippen LogP contribution is -2.49. The highest BCUT2D eigenvalue weighted by atomic mass is 28.4. The van der Waals surface area contributed by atoms with Gasteiger partial charge in [0.05, 0.1) is 0 Å². The van der Waals surface area contributed by atoms with Crippen molar-refractivity contribution in [2.75, 3.05) is 42.7 Å². The van der Waals surface area contributed by atoms with Gasteiger partial charge < -0.3 is 26.6 Å². The Balaban J connectivity index is 4.86. The van der Waals surface area contributed by atoms with Crippen molar-refractivity contribution in [3.8, 4) is 0 Å². The van der Waals surface area contributed by atoms with Crippen LogP contribution in [0.5, 0.6) is 0 Å². The van der Waals surface area contributed by atoms with Crippen LogP contribution in [0.15, 0.2) is 0 Å². The molecule has 0 fully saturated rings. The first-order valence-corrected chi connectivity index (χ1v) is 10.9. The zero-order valence-electron chi connectivity index (χ0n) is 14.7. The molecule has 0 aliphatic rings. The van der Waals surface area contributed by atoms with E-state index in [1.165, 1.54) is 0 Å². The van der Waals surface area contributed by atoms with E-state index < -0.39 is 17.6 Å². The third-order valence-corrected chi connectivity index (χ3v) is 10.9. The Morgan fingerprint density at radius 2 is 1.05 bits per heavy atom. The van der Waals surface area contributed by atoms with E-state index in [0.29, 0.717) is 0 Å². The van der Waals surface area contributed by atoms with Gasteiger partial charge in [0.25, 0.3) is 0 Å². The molecule has 0 saturated carbocycles. The molecule has 0 aromatic heterocycles. The van der Waals surface area contributed by atoms with Gasteiger partial charge in [0.2, 0.25) is 0 Å². The summed E-state index contributed by atoms with van der Waals surface area (Å²) in [7, 11) is 4.70. The Kier molecular flexibility index (Phi) is 10.2. The second-order valence-corrected chi connectivity index (χ2v) is 11.7. The van der Waals surface area contributed by atoms with E-state index in [4.69, 9.17) is 26.6 Å². The molecule has 2 unspecified atom stereocenters. The quantitative estimate of drug-likeness (QED) is 0.509. The molecule has 128 valence electrons. The van der Waals surface area contributed by atoms with Gasteiger partial charge in [0, 0.05) is 53.7 Å². The molecular weight excluding hydrogens is 308 g/mol. The third kappa shape index (κ3) is 4.83. The molecule has 0 aromatic carbocycles. The van der Waals surface area contributed by atoms with E-state index in [0.717, 1.165) is 19.3 Å². The zero-order valence-corrected chi connectivity index (χ0v) is 16.7. The van der Waals surface area contributed by atoms with Crippen LogP contribution in [0.2, 0.25) is 11.1 Å². The first-order valence-electron chi connectivity index (χ1n) is 7.26. The predicted octanol–water partition coefficient (Wildman–Crippen LogP) is 2.69. The molecular formula is C13H32O6Si2. The molecule has 21 heavy (non-hydrogen) atoms. The summed E-state index contributed by atoms with van der Waals surface area (Å²) in [6, 6.07) is 0. The van der Waals surface area contributed by atoms with Gasteiger partial charge in [-0.1, -0.05) is 13.8 Å². The van der Waals surface area contributed by atoms with E-state index in [1.807, 2.05) is 0 Å². The molecule has 0 radical (unpaired) electrons. The fourth-order valence-corrected chi connectivity index (χ4v) is 7.61. The van der Waals surface area contributed by atoms with Crippen LogP contribution in [0.4, 0.5) is 0 Å². The van der Waals surface area contributed by atoms with Crippen molar-refractivity contribution in [3.63, 3.8) is 0 Å². The predicted molar refractivity (Wildman–Crippen MR) is 86.3 cm³/mol. The van der Waals surface area contributed by atoms with Crippen LogP contribution in [-0.4, -0.2) is 60.3 Å². The number of hydrogen-bond donors (Lipinski definition) is 0. The molecule has 0 spiro atoms. The van der Waals surface area contributed by atoms with Crippen molar-refractivity contribution in [2.24, 2.45) is 0 Å². The van der Waals surface area contributed by atoms with Crippen LogP contribution >= 0.6 is 0 Å². The molecule has 0 bridgehead atoms. The van der Waals surface area contributed by atoms with Crippen molar-refractivity contribution in [2.45, 2.75) is 44.2 Å². The van der Waals surface area contributed by atoms with Crippen molar-refractivity contribution in [1.29, 1.82) is 0 Å². The Morgan fingerprint density at radius 3 is 1.33 bits per heavy atom. The molecule has 0 saturated heterocycles. The summed E-state index contributed by atoms with van der Waals surface area (Å²) in [6.07, 6.45) is 2.77. The maximum atomic E-state index is 5.60. The number of rotatable bonds is 12. The Bertz CT molecular complexity index is 255. The monoisotopic (exact) mass is 340 g/mol. The number of hydrogen-bond acceptors (Lipinski definition) is 6. The van der Waals surface area contributed by atoms with Gasteiger partial charge in [-0.15, -0.1) is 0 Å². The summed E-state index contributed by atoms with van der Waals surface area (Å²) in [5.74, 6) is 0. The smallest absolute Gasteiger partial charge is 0.377 e. The van der Waals surface area contributed by atoms with Gasteiger partial charge >= 0.3 is 17.6 Å². The van der Waals surface area contributed by atoms with Gasteiger partial charge in [0.1, 0.15) is 0 Å². The second-order valence-electron chi connectivity index (χ2n) is 5.02. The van der Waals surface area contributed by atoms with E-state index in [2.05, 4.69) is 13.8 Å². The summed E-state index contributed by atoms with van der Waals surface area (Å²) in [5.41, 5.74) is 0.445. The van der Waals surface area contributed by atoms with Crippen LogP contribution in [0.3, 0.4) is 0 Å². The van der Waals surface area contributed by atoms with E-state index in [-0.39, 0.29) is 11.1 Å². The highest BCUT2D eigenvalue weighted by Crippen LogP contribution is 2.37. The molecule has 0 aromatic rings. The highest BCUT2D eigenvalue weighted by Gasteiger charge is 2.48. The Labute approximate surface area is 131 Å². The van der Waals surface area contributed by atoms with Crippen LogP contribution in [0.1, 0.15) is 33.1 Å². The maximum absolute atomic E-state index is 5.60. The molecule has 0 amide bonds. The normalized spacial score (nSPS) is 16.0. The van der Waals surface area contributed by atoms with Gasteiger partial charge in [-0.3, -0.25) is 0 Å². The minimum atomic E-state index is -2.61. The molecule has 0 N–H and O–H groups in total. The van der Waals surface area contributed by atoms with Crippen molar-refractivity contribution in [3.05, 3.63) is 0 Å². The minimum Gasteiger partial charge on any atom is -0.377 e. The fourth-order valence-electron chi connectivity index (χ4n) is 2.86. The van der Waals surface area contributed by atoms with E-state index in [1.54, 1.807) is 42.7 Å². The molecule has 0 aliphatic heterocycles. The van der Waals surface area contributed by atoms with Gasteiger partial charge in [0.15, 0.2) is 0 Å². The molecule has 8 heteroatoms. The lowest BCUT2D eigenvalue weighted by molar-refractivity contribution is 0.102. The fraction of sp³-hybridized carbons (Fsp3) is 1.00. The average molecular weight is 341 g/mol. The lowest BCUT2D eigenvalue weighted by Gasteiger charge is -2.34. The van der Waals surface area contributed by atoms with E-state index >= 15 is 0 Å². The van der Waals surface area contributed by atoms with Gasteiger partial charge in [-0.05, 0) is 19.3 Å². The highest BCUT2D eigenvalue weighted by molar-refractivity contribution is 6.63. The van der Waals surface area contributed by atoms with Crippen LogP contribution in [-0.2, 0) is 26.6 Å². The topological polar surface area (TPSA) is 55.4 Å². The van der Waals surface area contributed by atoms with E-state index in [9.17, 15) is 0 Å². The van der Waals surface area contributed by atoms with Crippen LogP contribution < -0.4 is 0 Å². The SMILES string of the molecule is CCC(CCC(C)[Si](OC)(OC)OC)[Si](OC)(OC)OC. The summed E-state index contributed by atoms with van der Waals surface area (Å²) in [5, 5.41) is 0. The summed E-state index contributed by atoms with van der Waals surface area (Å²) >= 11 is 0. The first-order chi connectivity index (χ1) is 9.95. The van der Waals surface area contributed by atoms with Crippen molar-refractivity contribution < 1.29 is 26.6 Å². The maximum Gasteiger partial charge on any atom is 0.503 e. The van der Waals surface area contributed by atoms with Crippen LogP contribution in [0.25, 0.3) is 0 Å². The first kappa shape index (κ1) is 21.2. The molecule has 0 aliphatic carbocycles.